The zero-order valence-electron chi connectivity index (χ0n) is 18.4. The van der Waals surface area contributed by atoms with Crippen LogP contribution in [-0.2, 0) is 10.2 Å². The van der Waals surface area contributed by atoms with E-state index in [1.54, 1.807) is 19.5 Å². The van der Waals surface area contributed by atoms with E-state index in [0.29, 0.717) is 42.9 Å². The summed E-state index contributed by atoms with van der Waals surface area (Å²) in [5.41, 5.74) is 8.34. The van der Waals surface area contributed by atoms with Gasteiger partial charge in [0.05, 0.1) is 18.8 Å². The van der Waals surface area contributed by atoms with Gasteiger partial charge in [0.15, 0.2) is 12.0 Å². The molecule has 0 spiro atoms. The largest absolute Gasteiger partial charge is 0.383 e. The predicted molar refractivity (Wildman–Crippen MR) is 125 cm³/mol. The highest BCUT2D eigenvalue weighted by atomic mass is 16.5. The highest BCUT2D eigenvalue weighted by Crippen LogP contribution is 2.35. The third-order valence-corrected chi connectivity index (χ3v) is 5.78. The van der Waals surface area contributed by atoms with Gasteiger partial charge in [-0.25, -0.2) is 15.0 Å². The summed E-state index contributed by atoms with van der Waals surface area (Å²) < 4.78 is 5.08. The van der Waals surface area contributed by atoms with Crippen LogP contribution in [0.3, 0.4) is 0 Å². The quantitative estimate of drug-likeness (QED) is 0.189. The van der Waals surface area contributed by atoms with Crippen molar-refractivity contribution in [3.8, 4) is 6.19 Å². The van der Waals surface area contributed by atoms with Gasteiger partial charge in [-0.1, -0.05) is 36.9 Å². The van der Waals surface area contributed by atoms with Gasteiger partial charge >= 0.3 is 0 Å². The van der Waals surface area contributed by atoms with Gasteiger partial charge in [-0.05, 0) is 18.4 Å². The lowest BCUT2D eigenvalue weighted by Gasteiger charge is -2.43. The third-order valence-electron chi connectivity index (χ3n) is 5.78. The summed E-state index contributed by atoms with van der Waals surface area (Å²) in [6.45, 7) is 7.34. The lowest BCUT2D eigenvalue weighted by Crippen LogP contribution is -2.51. The van der Waals surface area contributed by atoms with Crippen molar-refractivity contribution in [2.75, 3.05) is 45.6 Å². The zero-order valence-corrected chi connectivity index (χ0v) is 18.4. The summed E-state index contributed by atoms with van der Waals surface area (Å²) in [4.78, 5) is 15.0. The lowest BCUT2D eigenvalue weighted by molar-refractivity contribution is 0.204. The molecule has 1 aliphatic heterocycles. The Morgan fingerprint density at radius 3 is 2.66 bits per heavy atom. The average Bonchev–Trinajstić information content (AvgIpc) is 2.83. The molecule has 1 saturated heterocycles. The van der Waals surface area contributed by atoms with E-state index in [4.69, 9.17) is 15.7 Å². The van der Waals surface area contributed by atoms with E-state index in [0.717, 1.165) is 25.9 Å². The minimum Gasteiger partial charge on any atom is -0.383 e. The molecule has 1 aromatic heterocycles. The second-order valence-electron chi connectivity index (χ2n) is 7.69. The highest BCUT2D eigenvalue weighted by Gasteiger charge is 2.37. The Kier molecular flexibility index (Phi) is 8.00. The van der Waals surface area contributed by atoms with Gasteiger partial charge in [0, 0.05) is 44.6 Å². The molecule has 9 nitrogen and oxygen atoms in total. The first kappa shape index (κ1) is 23.0. The molecule has 0 radical (unpaired) electrons. The van der Waals surface area contributed by atoms with Gasteiger partial charge in [0.1, 0.15) is 5.69 Å². The van der Waals surface area contributed by atoms with Gasteiger partial charge in [0.25, 0.3) is 0 Å². The fraction of sp³-hybridized carbons (Fsp3) is 0.391. The first-order valence-corrected chi connectivity index (χ1v) is 10.6. The summed E-state index contributed by atoms with van der Waals surface area (Å²) in [7, 11) is 1.64. The molecule has 4 N–H and O–H groups in total. The van der Waals surface area contributed by atoms with E-state index >= 15 is 0 Å². The number of nitrogens with one attached hydrogen (secondary N) is 2. The maximum atomic E-state index is 9.14. The van der Waals surface area contributed by atoms with Gasteiger partial charge in [-0.15, -0.1) is 0 Å². The van der Waals surface area contributed by atoms with E-state index in [1.807, 2.05) is 12.3 Å². The van der Waals surface area contributed by atoms with Crippen molar-refractivity contribution in [2.45, 2.75) is 18.3 Å². The molecule has 2 heterocycles. The number of nitrogen functional groups attached to an aromatic ring is 1. The van der Waals surface area contributed by atoms with Crippen LogP contribution in [0.25, 0.3) is 5.70 Å². The van der Waals surface area contributed by atoms with Crippen LogP contribution in [0.5, 0.6) is 0 Å². The summed E-state index contributed by atoms with van der Waals surface area (Å²) in [5.74, 6) is 0.948. The molecular formula is C23H30N8O. The molecular weight excluding hydrogens is 404 g/mol. The number of piperidine rings is 1. The Hall–Kier alpha value is -3.64. The molecule has 168 valence electrons. The van der Waals surface area contributed by atoms with Crippen molar-refractivity contribution in [3.05, 3.63) is 60.6 Å². The smallest absolute Gasteiger partial charge is 0.207 e. The van der Waals surface area contributed by atoms with Gasteiger partial charge < -0.3 is 20.7 Å². The molecule has 1 aliphatic rings. The molecule has 0 saturated carbocycles. The average molecular weight is 435 g/mol. The zero-order chi connectivity index (χ0) is 22.8. The Morgan fingerprint density at radius 1 is 1.28 bits per heavy atom. The molecule has 1 fully saturated rings. The number of nitrogens with zero attached hydrogens (tertiary/aromatic N) is 5. The Labute approximate surface area is 189 Å². The number of guanidine groups is 1. The number of aromatic nitrogens is 2. The fourth-order valence-electron chi connectivity index (χ4n) is 3.96. The van der Waals surface area contributed by atoms with Crippen LogP contribution in [0, 0.1) is 11.5 Å². The second-order valence-corrected chi connectivity index (χ2v) is 7.69. The molecule has 2 aromatic rings. The molecule has 3 rings (SSSR count). The van der Waals surface area contributed by atoms with Crippen molar-refractivity contribution in [1.82, 2.24) is 25.5 Å². The number of nitrogens with two attached hydrogens (primary N) is 1. The van der Waals surface area contributed by atoms with Crippen molar-refractivity contribution in [1.29, 1.82) is 5.26 Å². The van der Waals surface area contributed by atoms with Crippen molar-refractivity contribution < 1.29 is 4.74 Å². The number of rotatable bonds is 8. The van der Waals surface area contributed by atoms with Crippen LogP contribution in [0.1, 0.15) is 24.1 Å². The topological polar surface area (TPSA) is 124 Å². The number of benzene rings is 1. The minimum absolute atomic E-state index is 0.109. The van der Waals surface area contributed by atoms with Crippen LogP contribution < -0.4 is 16.4 Å². The van der Waals surface area contributed by atoms with Crippen molar-refractivity contribution in [2.24, 2.45) is 4.99 Å². The number of nitriles is 1. The molecule has 0 amide bonds. The molecule has 32 heavy (non-hydrogen) atoms. The van der Waals surface area contributed by atoms with E-state index in [2.05, 4.69) is 61.3 Å². The molecule has 0 bridgehead atoms. The number of anilines is 1. The number of methoxy groups -OCH3 is 1. The van der Waals surface area contributed by atoms with Gasteiger partial charge in [-0.3, -0.25) is 5.32 Å². The van der Waals surface area contributed by atoms with Crippen LogP contribution in [0.2, 0.25) is 0 Å². The molecule has 0 atom stereocenters. The van der Waals surface area contributed by atoms with Gasteiger partial charge in [-0.2, -0.15) is 5.26 Å². The van der Waals surface area contributed by atoms with Crippen molar-refractivity contribution in [3.63, 3.8) is 0 Å². The Morgan fingerprint density at radius 2 is 2.00 bits per heavy atom. The predicted octanol–water partition coefficient (Wildman–Crippen LogP) is 1.73. The first-order valence-electron chi connectivity index (χ1n) is 10.6. The number of likely N-dealkylation sites (tertiary alicyclic amines) is 1. The van der Waals surface area contributed by atoms with Crippen molar-refractivity contribution >= 4 is 17.5 Å². The van der Waals surface area contributed by atoms with E-state index in [9.17, 15) is 0 Å². The lowest BCUT2D eigenvalue weighted by atomic mass is 9.72. The van der Waals surface area contributed by atoms with E-state index in [1.165, 1.54) is 5.56 Å². The maximum absolute atomic E-state index is 9.14. The monoisotopic (exact) mass is 434 g/mol. The Bertz CT molecular complexity index is 961. The standard InChI is InChI=1S/C23H30N8O/c1-18(20-21(25)27-11-10-26-20)29-16-23(19-6-4-3-5-7-19)8-13-31(14-9-23)22(30-17-24)28-12-15-32-2/h3-7,10-11,29H,1,8-9,12-16H2,2H3,(H2,25,27)(H,28,30). The van der Waals surface area contributed by atoms with Gasteiger partial charge in [0.2, 0.25) is 5.96 Å². The number of hydrogen-bond acceptors (Lipinski definition) is 7. The molecule has 1 aromatic carbocycles. The normalized spacial score (nSPS) is 15.6. The molecule has 0 unspecified atom stereocenters. The van der Waals surface area contributed by atoms with Crippen LogP contribution in [0.4, 0.5) is 5.82 Å². The van der Waals surface area contributed by atoms with Crippen LogP contribution in [0.15, 0.2) is 54.3 Å². The Balaban J connectivity index is 1.75. The van der Waals surface area contributed by atoms with Crippen LogP contribution in [-0.4, -0.2) is 60.7 Å². The summed E-state index contributed by atoms with van der Waals surface area (Å²) in [6.07, 6.45) is 6.92. The van der Waals surface area contributed by atoms with Crippen LogP contribution >= 0.6 is 0 Å². The summed E-state index contributed by atoms with van der Waals surface area (Å²) in [5, 5.41) is 15.3. The van der Waals surface area contributed by atoms with E-state index in [-0.39, 0.29) is 5.41 Å². The first-order chi connectivity index (χ1) is 15.6. The molecule has 0 aliphatic carbocycles. The number of ether oxygens (including phenoxy) is 1. The number of hydrogen-bond donors (Lipinski definition) is 3. The highest BCUT2D eigenvalue weighted by molar-refractivity contribution is 5.81. The maximum Gasteiger partial charge on any atom is 0.207 e. The third kappa shape index (κ3) is 5.53. The van der Waals surface area contributed by atoms with E-state index < -0.39 is 0 Å². The summed E-state index contributed by atoms with van der Waals surface area (Å²) in [6, 6.07) is 10.5. The summed E-state index contributed by atoms with van der Waals surface area (Å²) >= 11 is 0. The fourth-order valence-corrected chi connectivity index (χ4v) is 3.96. The molecule has 9 heteroatoms. The minimum atomic E-state index is -0.109. The SMILES string of the molecule is C=C(NCC1(c2ccccc2)CCN(C(=NCCOC)NC#N)CC1)c1nccnc1N. The second kappa shape index (κ2) is 11.1. The number of aliphatic imine (C=N–C) groups is 1.